The zero-order chi connectivity index (χ0) is 12.8. The third-order valence-electron chi connectivity index (χ3n) is 4.51. The quantitative estimate of drug-likeness (QED) is 0.650. The highest BCUT2D eigenvalue weighted by Crippen LogP contribution is 2.45. The molecule has 0 aliphatic carbocycles. The van der Waals surface area contributed by atoms with E-state index in [0.29, 0.717) is 11.0 Å². The van der Waals surface area contributed by atoms with Crippen LogP contribution in [0.5, 0.6) is 0 Å². The average molecular weight is 237 g/mol. The molecular formula is C16H31N. The number of hydrogen-bond donors (Lipinski definition) is 0. The summed E-state index contributed by atoms with van der Waals surface area (Å²) in [6.07, 6.45) is 7.21. The van der Waals surface area contributed by atoms with Crippen molar-refractivity contribution in [2.75, 3.05) is 0 Å². The van der Waals surface area contributed by atoms with E-state index in [0.717, 1.165) is 18.0 Å². The highest BCUT2D eigenvalue weighted by Gasteiger charge is 2.45. The van der Waals surface area contributed by atoms with Crippen LogP contribution >= 0.6 is 0 Å². The van der Waals surface area contributed by atoms with Crippen LogP contribution in [0.25, 0.3) is 0 Å². The highest BCUT2D eigenvalue weighted by atomic mass is 15.3. The van der Waals surface area contributed by atoms with E-state index in [4.69, 9.17) is 0 Å². The first-order valence-corrected chi connectivity index (χ1v) is 7.45. The van der Waals surface area contributed by atoms with Gasteiger partial charge in [0.2, 0.25) is 0 Å². The van der Waals surface area contributed by atoms with E-state index in [9.17, 15) is 0 Å². The van der Waals surface area contributed by atoms with Crippen molar-refractivity contribution in [1.82, 2.24) is 4.90 Å². The van der Waals surface area contributed by atoms with Gasteiger partial charge < -0.3 is 0 Å². The van der Waals surface area contributed by atoms with Crippen LogP contribution in [0.4, 0.5) is 0 Å². The minimum atomic E-state index is 0.374. The van der Waals surface area contributed by atoms with Gasteiger partial charge in [0.1, 0.15) is 0 Å². The van der Waals surface area contributed by atoms with E-state index in [-0.39, 0.29) is 0 Å². The monoisotopic (exact) mass is 237 g/mol. The molecule has 2 rings (SSSR count). The lowest BCUT2D eigenvalue weighted by molar-refractivity contribution is 0.0138. The first kappa shape index (κ1) is 13.4. The lowest BCUT2D eigenvalue weighted by Crippen LogP contribution is -2.53. The molecular weight excluding hydrogens is 206 g/mol. The fraction of sp³-hybridized carbons (Fsp3) is 1.00. The van der Waals surface area contributed by atoms with E-state index >= 15 is 0 Å². The van der Waals surface area contributed by atoms with Gasteiger partial charge in [-0.25, -0.2) is 0 Å². The highest BCUT2D eigenvalue weighted by molar-refractivity contribution is 5.00. The molecule has 2 atom stereocenters. The second-order valence-electron chi connectivity index (χ2n) is 8.57. The largest absolute Gasteiger partial charge is 0.293 e. The molecule has 0 radical (unpaired) electrons. The Balaban J connectivity index is 2.02. The second kappa shape index (κ2) is 4.26. The van der Waals surface area contributed by atoms with Crippen molar-refractivity contribution >= 4 is 0 Å². The van der Waals surface area contributed by atoms with Crippen molar-refractivity contribution in [1.29, 1.82) is 0 Å². The SMILES string of the molecule is CC(C)(C)CC1CC2CCC(C1)N2C(C)(C)C. The summed E-state index contributed by atoms with van der Waals surface area (Å²) in [6, 6.07) is 1.75. The zero-order valence-electron chi connectivity index (χ0n) is 12.7. The molecule has 0 amide bonds. The second-order valence-corrected chi connectivity index (χ2v) is 8.57. The summed E-state index contributed by atoms with van der Waals surface area (Å²) in [5.41, 5.74) is 0.881. The maximum absolute atomic E-state index is 2.83. The van der Waals surface area contributed by atoms with Crippen molar-refractivity contribution in [3.05, 3.63) is 0 Å². The van der Waals surface area contributed by atoms with Gasteiger partial charge in [0.05, 0.1) is 0 Å². The van der Waals surface area contributed by atoms with E-state index in [2.05, 4.69) is 46.4 Å². The van der Waals surface area contributed by atoms with Crippen molar-refractivity contribution in [3.63, 3.8) is 0 Å². The fourth-order valence-corrected chi connectivity index (χ4v) is 4.42. The van der Waals surface area contributed by atoms with Gasteiger partial charge in [-0.1, -0.05) is 20.8 Å². The summed E-state index contributed by atoms with van der Waals surface area (Å²) in [5, 5.41) is 0. The molecule has 2 unspecified atom stereocenters. The third-order valence-corrected chi connectivity index (χ3v) is 4.51. The first-order valence-electron chi connectivity index (χ1n) is 7.45. The Labute approximate surface area is 108 Å². The molecule has 1 heteroatoms. The number of fused-ring (bicyclic) bond motifs is 2. The van der Waals surface area contributed by atoms with Gasteiger partial charge in [-0.15, -0.1) is 0 Å². The predicted octanol–water partition coefficient (Wildman–Crippen LogP) is 4.46. The van der Waals surface area contributed by atoms with Gasteiger partial charge in [-0.3, -0.25) is 4.90 Å². The molecule has 0 saturated carbocycles. The van der Waals surface area contributed by atoms with Gasteiger partial charge in [-0.05, 0) is 64.2 Å². The first-order chi connectivity index (χ1) is 7.67. The lowest BCUT2D eigenvalue weighted by Gasteiger charge is -2.47. The Morgan fingerprint density at radius 1 is 0.882 bits per heavy atom. The number of hydrogen-bond acceptors (Lipinski definition) is 1. The number of nitrogens with zero attached hydrogens (tertiary/aromatic N) is 1. The molecule has 0 spiro atoms. The van der Waals surface area contributed by atoms with E-state index in [1.807, 2.05) is 0 Å². The molecule has 0 aromatic rings. The molecule has 2 aliphatic heterocycles. The van der Waals surface area contributed by atoms with Crippen LogP contribution < -0.4 is 0 Å². The molecule has 2 saturated heterocycles. The maximum Gasteiger partial charge on any atom is 0.0130 e. The molecule has 1 nitrogen and oxygen atoms in total. The Hall–Kier alpha value is -0.0400. The van der Waals surface area contributed by atoms with Crippen LogP contribution in [0.3, 0.4) is 0 Å². The number of piperidine rings is 1. The van der Waals surface area contributed by atoms with Crippen LogP contribution in [0.1, 0.15) is 73.6 Å². The van der Waals surface area contributed by atoms with Crippen LogP contribution in [0.2, 0.25) is 0 Å². The van der Waals surface area contributed by atoms with Crippen molar-refractivity contribution in [3.8, 4) is 0 Å². The number of rotatable bonds is 1. The summed E-state index contributed by atoms with van der Waals surface area (Å²) in [5.74, 6) is 0.978. The van der Waals surface area contributed by atoms with Gasteiger partial charge >= 0.3 is 0 Å². The molecule has 17 heavy (non-hydrogen) atoms. The molecule has 0 aromatic carbocycles. The maximum atomic E-state index is 2.83. The molecule has 2 aliphatic rings. The molecule has 2 heterocycles. The third kappa shape index (κ3) is 3.05. The Bertz CT molecular complexity index is 254. The van der Waals surface area contributed by atoms with Gasteiger partial charge in [0.25, 0.3) is 0 Å². The molecule has 0 aromatic heterocycles. The molecule has 100 valence electrons. The van der Waals surface area contributed by atoms with Crippen molar-refractivity contribution < 1.29 is 0 Å². The molecule has 2 fully saturated rings. The van der Waals surface area contributed by atoms with Crippen molar-refractivity contribution in [2.24, 2.45) is 11.3 Å². The summed E-state index contributed by atoms with van der Waals surface area (Å²) in [6.45, 7) is 14.4. The minimum absolute atomic E-state index is 0.374. The fourth-order valence-electron chi connectivity index (χ4n) is 4.42. The van der Waals surface area contributed by atoms with Gasteiger partial charge in [0, 0.05) is 17.6 Å². The smallest absolute Gasteiger partial charge is 0.0130 e. The lowest BCUT2D eigenvalue weighted by atomic mass is 9.77. The Morgan fingerprint density at radius 3 is 1.71 bits per heavy atom. The predicted molar refractivity (Wildman–Crippen MR) is 75.2 cm³/mol. The molecule has 0 N–H and O–H groups in total. The Morgan fingerprint density at radius 2 is 1.35 bits per heavy atom. The summed E-state index contributed by atoms with van der Waals surface area (Å²) in [7, 11) is 0. The topological polar surface area (TPSA) is 3.24 Å². The van der Waals surface area contributed by atoms with E-state index in [1.54, 1.807) is 0 Å². The Kier molecular flexibility index (Phi) is 3.36. The van der Waals surface area contributed by atoms with Crippen LogP contribution in [0.15, 0.2) is 0 Å². The normalized spacial score (nSPS) is 35.3. The van der Waals surface area contributed by atoms with Crippen LogP contribution in [-0.4, -0.2) is 22.5 Å². The van der Waals surface area contributed by atoms with Gasteiger partial charge in [-0.2, -0.15) is 0 Å². The minimum Gasteiger partial charge on any atom is -0.293 e. The summed E-state index contributed by atoms with van der Waals surface area (Å²) < 4.78 is 0. The van der Waals surface area contributed by atoms with Crippen LogP contribution in [0, 0.1) is 11.3 Å². The summed E-state index contributed by atoms with van der Waals surface area (Å²) in [4.78, 5) is 2.83. The summed E-state index contributed by atoms with van der Waals surface area (Å²) >= 11 is 0. The average Bonchev–Trinajstić information content (AvgIpc) is 2.35. The standard InChI is InChI=1S/C16H31N/c1-15(2,3)11-12-9-13-7-8-14(10-12)17(13)16(4,5)6/h12-14H,7-11H2,1-6H3. The zero-order valence-corrected chi connectivity index (χ0v) is 12.7. The van der Waals surface area contributed by atoms with E-state index in [1.165, 1.54) is 32.1 Å². The molecule has 2 bridgehead atoms. The van der Waals surface area contributed by atoms with Crippen LogP contribution in [-0.2, 0) is 0 Å². The van der Waals surface area contributed by atoms with Crippen molar-refractivity contribution in [2.45, 2.75) is 91.3 Å². The van der Waals surface area contributed by atoms with E-state index < -0.39 is 0 Å². The van der Waals surface area contributed by atoms with Gasteiger partial charge in [0.15, 0.2) is 0 Å².